The molecule has 1 heterocycles. The Hall–Kier alpha value is -0.860. The van der Waals surface area contributed by atoms with Crippen molar-refractivity contribution >= 4 is 11.8 Å². The second-order valence-corrected chi connectivity index (χ2v) is 3.30. The maximum atomic E-state index is 11.1. The molecule has 3 nitrogen and oxygen atoms in total. The van der Waals surface area contributed by atoms with Crippen LogP contribution in [0.5, 0.6) is 0 Å². The van der Waals surface area contributed by atoms with Crippen LogP contribution in [0.3, 0.4) is 0 Å². The van der Waals surface area contributed by atoms with Gasteiger partial charge in [-0.05, 0) is 12.3 Å². The highest BCUT2D eigenvalue weighted by Crippen LogP contribution is 2.20. The van der Waals surface area contributed by atoms with Gasteiger partial charge in [-0.25, -0.2) is 0 Å². The van der Waals surface area contributed by atoms with E-state index in [1.165, 1.54) is 0 Å². The molecule has 0 aromatic rings. The minimum atomic E-state index is -0.132. The molecule has 0 unspecified atom stereocenters. The first-order valence-electron chi connectivity index (χ1n) is 3.95. The van der Waals surface area contributed by atoms with Gasteiger partial charge in [0.2, 0.25) is 11.8 Å². The lowest BCUT2D eigenvalue weighted by molar-refractivity contribution is -0.137. The molecule has 62 valence electrons. The van der Waals surface area contributed by atoms with Gasteiger partial charge in [0.05, 0.1) is 0 Å². The Morgan fingerprint density at radius 2 is 2.09 bits per heavy atom. The molecule has 1 fully saturated rings. The summed E-state index contributed by atoms with van der Waals surface area (Å²) in [6, 6.07) is 0. The first-order chi connectivity index (χ1) is 5.11. The van der Waals surface area contributed by atoms with Gasteiger partial charge >= 0.3 is 0 Å². The van der Waals surface area contributed by atoms with E-state index < -0.39 is 0 Å². The predicted molar refractivity (Wildman–Crippen MR) is 40.7 cm³/mol. The molecule has 1 atom stereocenters. The van der Waals surface area contributed by atoms with E-state index in [2.05, 4.69) is 5.32 Å². The Kier molecular flexibility index (Phi) is 2.27. The van der Waals surface area contributed by atoms with Crippen LogP contribution in [0.15, 0.2) is 0 Å². The van der Waals surface area contributed by atoms with Gasteiger partial charge in [0.1, 0.15) is 0 Å². The molecule has 11 heavy (non-hydrogen) atoms. The van der Waals surface area contributed by atoms with Crippen molar-refractivity contribution < 1.29 is 9.59 Å². The molecule has 1 aliphatic heterocycles. The highest BCUT2D eigenvalue weighted by atomic mass is 16.2. The van der Waals surface area contributed by atoms with E-state index in [9.17, 15) is 9.59 Å². The maximum absolute atomic E-state index is 11.1. The van der Waals surface area contributed by atoms with Crippen molar-refractivity contribution in [2.24, 2.45) is 11.8 Å². The van der Waals surface area contributed by atoms with Crippen LogP contribution in [0, 0.1) is 11.8 Å². The summed E-state index contributed by atoms with van der Waals surface area (Å²) in [5.41, 5.74) is 0. The fourth-order valence-corrected chi connectivity index (χ4v) is 1.35. The summed E-state index contributed by atoms with van der Waals surface area (Å²) >= 11 is 0. The second kappa shape index (κ2) is 3.03. The summed E-state index contributed by atoms with van der Waals surface area (Å²) in [7, 11) is 0. The Bertz CT molecular complexity index is 187. The van der Waals surface area contributed by atoms with Gasteiger partial charge < -0.3 is 0 Å². The lowest BCUT2D eigenvalue weighted by Gasteiger charge is -2.23. The van der Waals surface area contributed by atoms with Crippen molar-refractivity contribution in [1.29, 1.82) is 0 Å². The van der Waals surface area contributed by atoms with E-state index in [4.69, 9.17) is 0 Å². The number of carbonyl (C=O) groups is 2. The zero-order chi connectivity index (χ0) is 8.43. The van der Waals surface area contributed by atoms with Crippen molar-refractivity contribution in [2.45, 2.75) is 26.7 Å². The van der Waals surface area contributed by atoms with Crippen LogP contribution in [0.1, 0.15) is 26.7 Å². The van der Waals surface area contributed by atoms with Crippen LogP contribution < -0.4 is 5.32 Å². The van der Waals surface area contributed by atoms with E-state index in [1.54, 1.807) is 0 Å². The van der Waals surface area contributed by atoms with Crippen molar-refractivity contribution in [3.05, 3.63) is 0 Å². The number of piperidine rings is 1. The molecular weight excluding hydrogens is 142 g/mol. The van der Waals surface area contributed by atoms with Crippen molar-refractivity contribution in [2.75, 3.05) is 0 Å². The zero-order valence-electron chi connectivity index (χ0n) is 6.89. The third-order valence-electron chi connectivity index (χ3n) is 2.09. The van der Waals surface area contributed by atoms with Gasteiger partial charge in [-0.3, -0.25) is 14.9 Å². The summed E-state index contributed by atoms with van der Waals surface area (Å²) in [5, 5.41) is 2.33. The summed E-state index contributed by atoms with van der Waals surface area (Å²) in [5.74, 6) is 0.138. The molecule has 0 aromatic carbocycles. The number of rotatable bonds is 1. The van der Waals surface area contributed by atoms with E-state index >= 15 is 0 Å². The van der Waals surface area contributed by atoms with Gasteiger partial charge in [0.25, 0.3) is 0 Å². The molecule has 0 aromatic heterocycles. The van der Waals surface area contributed by atoms with E-state index in [0.29, 0.717) is 18.8 Å². The first-order valence-corrected chi connectivity index (χ1v) is 3.95. The summed E-state index contributed by atoms with van der Waals surface area (Å²) in [6.07, 6.45) is 1.21. The van der Waals surface area contributed by atoms with E-state index in [1.807, 2.05) is 13.8 Å². The number of imide groups is 1. The van der Waals surface area contributed by atoms with Crippen LogP contribution in [-0.4, -0.2) is 11.8 Å². The molecule has 1 saturated heterocycles. The monoisotopic (exact) mass is 155 g/mol. The van der Waals surface area contributed by atoms with E-state index in [-0.39, 0.29) is 17.7 Å². The topological polar surface area (TPSA) is 46.2 Å². The Balaban J connectivity index is 2.57. The normalized spacial score (nSPS) is 25.5. The fraction of sp³-hybridized carbons (Fsp3) is 0.750. The number of nitrogens with one attached hydrogen (secondary N) is 1. The zero-order valence-corrected chi connectivity index (χ0v) is 6.89. The fourth-order valence-electron chi connectivity index (χ4n) is 1.35. The minimum absolute atomic E-state index is 0.0349. The molecule has 0 radical (unpaired) electrons. The number of carbonyl (C=O) groups excluding carboxylic acids is 2. The third kappa shape index (κ3) is 1.79. The smallest absolute Gasteiger partial charge is 0.229 e. The SMILES string of the molecule is CC(C)[C@@H]1CCC(=O)NC1=O. The molecule has 0 aliphatic carbocycles. The molecule has 3 heteroatoms. The van der Waals surface area contributed by atoms with Crippen LogP contribution >= 0.6 is 0 Å². The summed E-state index contributed by atoms with van der Waals surface area (Å²) < 4.78 is 0. The van der Waals surface area contributed by atoms with Crippen molar-refractivity contribution in [3.8, 4) is 0 Å². The molecule has 2 amide bonds. The average Bonchev–Trinajstić information content (AvgIpc) is 1.85. The summed E-state index contributed by atoms with van der Waals surface area (Å²) in [4.78, 5) is 21.8. The lowest BCUT2D eigenvalue weighted by Crippen LogP contribution is -2.42. The maximum Gasteiger partial charge on any atom is 0.229 e. The van der Waals surface area contributed by atoms with Crippen LogP contribution in [0.4, 0.5) is 0 Å². The Morgan fingerprint density at radius 1 is 1.45 bits per heavy atom. The standard InChI is InChI=1S/C8H13NO2/c1-5(2)6-3-4-7(10)9-8(6)11/h5-6H,3-4H2,1-2H3,(H,9,10,11)/t6-/m0/s1. The molecule has 1 aliphatic rings. The molecular formula is C8H13NO2. The lowest BCUT2D eigenvalue weighted by atomic mass is 9.88. The van der Waals surface area contributed by atoms with E-state index in [0.717, 1.165) is 0 Å². The Labute approximate surface area is 66.2 Å². The van der Waals surface area contributed by atoms with Gasteiger partial charge in [0.15, 0.2) is 0 Å². The Morgan fingerprint density at radius 3 is 2.55 bits per heavy atom. The van der Waals surface area contributed by atoms with Crippen molar-refractivity contribution in [3.63, 3.8) is 0 Å². The van der Waals surface area contributed by atoms with Crippen LogP contribution in [-0.2, 0) is 9.59 Å². The molecule has 0 bridgehead atoms. The number of amides is 2. The third-order valence-corrected chi connectivity index (χ3v) is 2.09. The minimum Gasteiger partial charge on any atom is -0.296 e. The van der Waals surface area contributed by atoms with Gasteiger partial charge in [-0.2, -0.15) is 0 Å². The second-order valence-electron chi connectivity index (χ2n) is 3.30. The number of hydrogen-bond donors (Lipinski definition) is 1. The highest BCUT2D eigenvalue weighted by molar-refractivity contribution is 5.98. The van der Waals surface area contributed by atoms with Gasteiger partial charge in [0, 0.05) is 12.3 Å². The largest absolute Gasteiger partial charge is 0.296 e. The molecule has 0 saturated carbocycles. The molecule has 1 rings (SSSR count). The van der Waals surface area contributed by atoms with Crippen molar-refractivity contribution in [1.82, 2.24) is 5.32 Å². The first kappa shape index (κ1) is 8.24. The van der Waals surface area contributed by atoms with Gasteiger partial charge in [-0.1, -0.05) is 13.8 Å². The molecule has 0 spiro atoms. The molecule has 1 N–H and O–H groups in total. The van der Waals surface area contributed by atoms with Crippen LogP contribution in [0.2, 0.25) is 0 Å². The van der Waals surface area contributed by atoms with Gasteiger partial charge in [-0.15, -0.1) is 0 Å². The average molecular weight is 155 g/mol. The highest BCUT2D eigenvalue weighted by Gasteiger charge is 2.28. The quantitative estimate of drug-likeness (QED) is 0.566. The summed E-state index contributed by atoms with van der Waals surface area (Å²) in [6.45, 7) is 4.00. The predicted octanol–water partition coefficient (Wildman–Crippen LogP) is 0.695. The number of hydrogen-bond acceptors (Lipinski definition) is 2. The van der Waals surface area contributed by atoms with Crippen LogP contribution in [0.25, 0.3) is 0 Å².